The van der Waals surface area contributed by atoms with Crippen molar-refractivity contribution in [3.63, 3.8) is 0 Å². The van der Waals surface area contributed by atoms with Crippen LogP contribution in [0.4, 0.5) is 11.4 Å². The maximum absolute atomic E-state index is 2.72. The first kappa shape index (κ1) is 23.7. The van der Waals surface area contributed by atoms with Gasteiger partial charge in [0, 0.05) is 33.4 Å². The molecule has 0 amide bonds. The monoisotopic (exact) mass is 564 g/mol. The summed E-state index contributed by atoms with van der Waals surface area (Å²) in [5.41, 5.74) is 16.2. The minimum atomic E-state index is -1.94. The molecule has 0 atom stereocenters. The minimum Gasteiger partial charge on any atom is -0.377 e. The largest absolute Gasteiger partial charge is 0.377 e. The maximum atomic E-state index is 2.72. The standard InChI is InChI=1S/C39H29BN2Si/c1-24-12-4-5-13-26(24)25-22-30-29-16-11-21-36-39(29)42(33-19-8-9-20-35(33)43(36,2)3)40-31-17-10-15-28-27-14-6-7-18-32(27)41(38(28)31)34(23-25)37(30)40/h4-23H,1-3H3. The topological polar surface area (TPSA) is 8.17 Å². The molecule has 1 aromatic heterocycles. The average Bonchev–Trinajstić information content (AvgIpc) is 3.38. The Balaban J connectivity index is 1.44. The van der Waals surface area contributed by atoms with Crippen LogP contribution in [0, 0.1) is 6.92 Å². The zero-order valence-corrected chi connectivity index (χ0v) is 25.5. The molecule has 4 heteroatoms. The van der Waals surface area contributed by atoms with Crippen LogP contribution in [-0.2, 0) is 0 Å². The number of anilines is 2. The highest BCUT2D eigenvalue weighted by molar-refractivity contribution is 7.05. The zero-order chi connectivity index (χ0) is 28.6. The van der Waals surface area contributed by atoms with Crippen molar-refractivity contribution in [1.29, 1.82) is 0 Å². The number of rotatable bonds is 1. The van der Waals surface area contributed by atoms with Gasteiger partial charge in [-0.1, -0.05) is 110 Å². The quantitative estimate of drug-likeness (QED) is 0.193. The van der Waals surface area contributed by atoms with Gasteiger partial charge in [-0.3, -0.25) is 0 Å². The van der Waals surface area contributed by atoms with Gasteiger partial charge in [0.2, 0.25) is 0 Å². The van der Waals surface area contributed by atoms with Crippen molar-refractivity contribution in [3.05, 3.63) is 127 Å². The first-order valence-electron chi connectivity index (χ1n) is 15.3. The molecule has 0 N–H and O–H groups in total. The van der Waals surface area contributed by atoms with Crippen LogP contribution >= 0.6 is 0 Å². The zero-order valence-electron chi connectivity index (χ0n) is 24.5. The Morgan fingerprint density at radius 1 is 0.605 bits per heavy atom. The van der Waals surface area contributed by atoms with E-state index in [4.69, 9.17) is 0 Å². The van der Waals surface area contributed by atoms with Crippen molar-refractivity contribution in [2.45, 2.75) is 20.0 Å². The molecule has 0 aliphatic carbocycles. The molecule has 4 heterocycles. The van der Waals surface area contributed by atoms with Gasteiger partial charge in [-0.15, -0.1) is 0 Å². The molecule has 0 saturated heterocycles. The van der Waals surface area contributed by atoms with Gasteiger partial charge in [0.25, 0.3) is 0 Å². The highest BCUT2D eigenvalue weighted by Gasteiger charge is 2.49. The van der Waals surface area contributed by atoms with Gasteiger partial charge in [0.1, 0.15) is 8.07 Å². The van der Waals surface area contributed by atoms with Crippen LogP contribution in [0.15, 0.2) is 121 Å². The molecule has 3 aliphatic heterocycles. The summed E-state index contributed by atoms with van der Waals surface area (Å²) < 4.78 is 2.57. The van der Waals surface area contributed by atoms with E-state index in [-0.39, 0.29) is 6.85 Å². The molecule has 0 bridgehead atoms. The van der Waals surface area contributed by atoms with Crippen molar-refractivity contribution in [1.82, 2.24) is 4.57 Å². The number of fused-ring (bicyclic) bond motifs is 9. The van der Waals surface area contributed by atoms with Crippen LogP contribution < -0.4 is 26.1 Å². The fourth-order valence-corrected chi connectivity index (χ4v) is 11.6. The summed E-state index contributed by atoms with van der Waals surface area (Å²) in [6.45, 7) is 7.39. The summed E-state index contributed by atoms with van der Waals surface area (Å²) in [4.78, 5) is 2.72. The van der Waals surface area contributed by atoms with Crippen molar-refractivity contribution in [2.75, 3.05) is 4.81 Å². The fraction of sp³-hybridized carbons (Fsp3) is 0.0769. The molecule has 0 saturated carbocycles. The lowest BCUT2D eigenvalue weighted by molar-refractivity contribution is 1.18. The second kappa shape index (κ2) is 7.97. The normalized spacial score (nSPS) is 15.0. The predicted octanol–water partition coefficient (Wildman–Crippen LogP) is 7.13. The molecule has 7 aromatic rings. The number of para-hydroxylation sites is 4. The van der Waals surface area contributed by atoms with Gasteiger partial charge in [-0.05, 0) is 74.7 Å². The van der Waals surface area contributed by atoms with Crippen molar-refractivity contribution in [2.24, 2.45) is 0 Å². The van der Waals surface area contributed by atoms with E-state index in [9.17, 15) is 0 Å². The Morgan fingerprint density at radius 2 is 1.33 bits per heavy atom. The first-order chi connectivity index (χ1) is 21.0. The first-order valence-corrected chi connectivity index (χ1v) is 18.3. The van der Waals surface area contributed by atoms with E-state index in [1.807, 2.05) is 0 Å². The second-order valence-corrected chi connectivity index (χ2v) is 17.3. The molecule has 3 aliphatic rings. The third-order valence-corrected chi connectivity index (χ3v) is 14.0. The molecule has 202 valence electrons. The Hall–Kier alpha value is -4.80. The molecule has 43 heavy (non-hydrogen) atoms. The highest BCUT2D eigenvalue weighted by Crippen LogP contribution is 2.46. The third-order valence-electron chi connectivity index (χ3n) is 10.5. The Labute approximate surface area is 253 Å². The van der Waals surface area contributed by atoms with Gasteiger partial charge in [-0.2, -0.15) is 0 Å². The van der Waals surface area contributed by atoms with Gasteiger partial charge < -0.3 is 9.38 Å². The minimum absolute atomic E-state index is 0.0938. The smallest absolute Gasteiger partial charge is 0.333 e. The van der Waals surface area contributed by atoms with Crippen LogP contribution in [0.25, 0.3) is 49.7 Å². The summed E-state index contributed by atoms with van der Waals surface area (Å²) in [6, 6.07) is 46.1. The van der Waals surface area contributed by atoms with Crippen LogP contribution in [0.2, 0.25) is 13.1 Å². The van der Waals surface area contributed by atoms with Gasteiger partial charge in [0.05, 0.1) is 11.0 Å². The van der Waals surface area contributed by atoms with Crippen molar-refractivity contribution in [3.8, 4) is 27.9 Å². The molecule has 0 spiro atoms. The third kappa shape index (κ3) is 2.80. The number of hydrogen-bond acceptors (Lipinski definition) is 1. The van der Waals surface area contributed by atoms with E-state index >= 15 is 0 Å². The molecule has 0 radical (unpaired) electrons. The number of aromatic nitrogens is 1. The highest BCUT2D eigenvalue weighted by atomic mass is 28.3. The Bertz CT molecular complexity index is 2360. The van der Waals surface area contributed by atoms with Gasteiger partial charge in [0.15, 0.2) is 0 Å². The molecular formula is C39H29BN2Si. The van der Waals surface area contributed by atoms with Crippen molar-refractivity contribution < 1.29 is 0 Å². The Kier molecular flexibility index (Phi) is 4.40. The number of aryl methyl sites for hydroxylation is 1. The second-order valence-electron chi connectivity index (χ2n) is 13.0. The SMILES string of the molecule is Cc1ccccc1-c1cc2c3c(c1)-n1c4ccccc4c4cccc(c41)B3N1c3ccccc3[Si](C)(C)c3cccc-2c31. The lowest BCUT2D eigenvalue weighted by atomic mass is 9.44. The van der Waals surface area contributed by atoms with Crippen LogP contribution in [0.1, 0.15) is 5.56 Å². The summed E-state index contributed by atoms with van der Waals surface area (Å²) >= 11 is 0. The van der Waals surface area contributed by atoms with Crippen molar-refractivity contribution >= 4 is 69.4 Å². The molecule has 0 fully saturated rings. The van der Waals surface area contributed by atoms with Gasteiger partial charge >= 0.3 is 6.85 Å². The molecule has 2 nitrogen and oxygen atoms in total. The fourth-order valence-electron chi connectivity index (χ4n) is 8.60. The molecule has 6 aromatic carbocycles. The molecular weight excluding hydrogens is 535 g/mol. The number of hydrogen-bond donors (Lipinski definition) is 0. The number of benzene rings is 6. The van der Waals surface area contributed by atoms with E-state index < -0.39 is 8.07 Å². The Morgan fingerprint density at radius 3 is 2.23 bits per heavy atom. The van der Waals surface area contributed by atoms with E-state index in [2.05, 4.69) is 151 Å². The lowest BCUT2D eigenvalue weighted by Gasteiger charge is -2.49. The van der Waals surface area contributed by atoms with E-state index in [1.54, 1.807) is 0 Å². The predicted molar refractivity (Wildman–Crippen MR) is 187 cm³/mol. The number of nitrogens with zero attached hydrogens (tertiary/aromatic N) is 2. The van der Waals surface area contributed by atoms with E-state index in [0.717, 1.165) is 0 Å². The lowest BCUT2D eigenvalue weighted by Crippen LogP contribution is -2.68. The summed E-state index contributed by atoms with van der Waals surface area (Å²) in [6.07, 6.45) is 0. The maximum Gasteiger partial charge on any atom is 0.333 e. The summed E-state index contributed by atoms with van der Waals surface area (Å²) in [7, 11) is -1.94. The van der Waals surface area contributed by atoms with Crippen LogP contribution in [0.5, 0.6) is 0 Å². The average molecular weight is 565 g/mol. The van der Waals surface area contributed by atoms with Crippen LogP contribution in [-0.4, -0.2) is 19.5 Å². The van der Waals surface area contributed by atoms with E-state index in [1.165, 1.54) is 88.0 Å². The van der Waals surface area contributed by atoms with Crippen LogP contribution in [0.3, 0.4) is 0 Å². The summed E-state index contributed by atoms with van der Waals surface area (Å²) in [5, 5.41) is 5.72. The molecule has 0 unspecified atom stereocenters. The summed E-state index contributed by atoms with van der Waals surface area (Å²) in [5.74, 6) is 0. The van der Waals surface area contributed by atoms with E-state index in [0.29, 0.717) is 0 Å². The molecule has 10 rings (SSSR count). The van der Waals surface area contributed by atoms with Gasteiger partial charge in [-0.25, -0.2) is 0 Å².